The van der Waals surface area contributed by atoms with E-state index in [1.54, 1.807) is 0 Å². The SMILES string of the molecule is CCC1(CC)CCN(c2nnc(CNCC(C)C)o2)CC1. The summed E-state index contributed by atoms with van der Waals surface area (Å²) in [6.45, 7) is 12.7. The van der Waals surface area contributed by atoms with E-state index < -0.39 is 0 Å². The zero-order valence-corrected chi connectivity index (χ0v) is 14.0. The number of hydrogen-bond donors (Lipinski definition) is 1. The zero-order valence-electron chi connectivity index (χ0n) is 14.0. The van der Waals surface area contributed by atoms with Gasteiger partial charge in [0.05, 0.1) is 6.54 Å². The van der Waals surface area contributed by atoms with Gasteiger partial charge in [0.1, 0.15) is 0 Å². The monoisotopic (exact) mass is 294 g/mol. The molecule has 1 aliphatic heterocycles. The Morgan fingerprint density at radius 2 is 1.86 bits per heavy atom. The quantitative estimate of drug-likeness (QED) is 0.837. The van der Waals surface area contributed by atoms with Gasteiger partial charge in [0, 0.05) is 13.1 Å². The van der Waals surface area contributed by atoms with Crippen molar-refractivity contribution in [3.8, 4) is 0 Å². The van der Waals surface area contributed by atoms with Crippen molar-refractivity contribution in [3.05, 3.63) is 5.89 Å². The Bertz CT molecular complexity index is 416. The van der Waals surface area contributed by atoms with Gasteiger partial charge in [-0.2, -0.15) is 0 Å². The molecule has 1 N–H and O–H groups in total. The molecule has 21 heavy (non-hydrogen) atoms. The molecule has 5 heteroatoms. The molecule has 1 aromatic heterocycles. The largest absolute Gasteiger partial charge is 0.407 e. The second kappa shape index (κ2) is 7.25. The molecule has 0 unspecified atom stereocenters. The van der Waals surface area contributed by atoms with Gasteiger partial charge < -0.3 is 14.6 Å². The van der Waals surface area contributed by atoms with Crippen molar-refractivity contribution in [2.24, 2.45) is 11.3 Å². The first-order valence-electron chi connectivity index (χ1n) is 8.36. The van der Waals surface area contributed by atoms with Gasteiger partial charge in [-0.15, -0.1) is 5.10 Å². The number of piperidine rings is 1. The van der Waals surface area contributed by atoms with Crippen LogP contribution in [0.1, 0.15) is 59.3 Å². The van der Waals surface area contributed by atoms with Crippen molar-refractivity contribution < 1.29 is 4.42 Å². The molecular formula is C16H30N4O. The molecule has 5 nitrogen and oxygen atoms in total. The van der Waals surface area contributed by atoms with Crippen LogP contribution < -0.4 is 10.2 Å². The van der Waals surface area contributed by atoms with Crippen LogP contribution in [-0.4, -0.2) is 29.8 Å². The van der Waals surface area contributed by atoms with Crippen molar-refractivity contribution in [1.82, 2.24) is 15.5 Å². The van der Waals surface area contributed by atoms with Crippen LogP contribution in [0.3, 0.4) is 0 Å². The summed E-state index contributed by atoms with van der Waals surface area (Å²) in [6.07, 6.45) is 4.99. The highest BCUT2D eigenvalue weighted by molar-refractivity contribution is 5.25. The zero-order chi connectivity index (χ0) is 15.3. The van der Waals surface area contributed by atoms with E-state index in [2.05, 4.69) is 48.1 Å². The molecule has 0 saturated carbocycles. The predicted octanol–water partition coefficient (Wildman–Crippen LogP) is 3.22. The minimum atomic E-state index is 0.526. The maximum atomic E-state index is 5.78. The fraction of sp³-hybridized carbons (Fsp3) is 0.875. The van der Waals surface area contributed by atoms with E-state index in [-0.39, 0.29) is 0 Å². The summed E-state index contributed by atoms with van der Waals surface area (Å²) in [6, 6.07) is 0.692. The van der Waals surface area contributed by atoms with E-state index in [0.717, 1.165) is 19.6 Å². The Kier molecular flexibility index (Phi) is 5.62. The van der Waals surface area contributed by atoms with Crippen LogP contribution in [-0.2, 0) is 6.54 Å². The molecule has 2 rings (SSSR count). The van der Waals surface area contributed by atoms with Gasteiger partial charge in [0.15, 0.2) is 0 Å². The third kappa shape index (κ3) is 4.19. The highest BCUT2D eigenvalue weighted by Gasteiger charge is 2.32. The van der Waals surface area contributed by atoms with Gasteiger partial charge in [0.2, 0.25) is 5.89 Å². The molecule has 1 fully saturated rings. The number of anilines is 1. The first-order valence-corrected chi connectivity index (χ1v) is 8.36. The van der Waals surface area contributed by atoms with E-state index in [1.807, 2.05) is 0 Å². The normalized spacial score (nSPS) is 18.4. The Morgan fingerprint density at radius 3 is 2.43 bits per heavy atom. The summed E-state index contributed by atoms with van der Waals surface area (Å²) in [7, 11) is 0. The Balaban J connectivity index is 1.85. The molecule has 0 amide bonds. The smallest absolute Gasteiger partial charge is 0.318 e. The summed E-state index contributed by atoms with van der Waals surface area (Å²) in [5, 5.41) is 11.7. The third-order valence-electron chi connectivity index (χ3n) is 4.88. The van der Waals surface area contributed by atoms with E-state index in [4.69, 9.17) is 4.42 Å². The average Bonchev–Trinajstić information content (AvgIpc) is 2.96. The van der Waals surface area contributed by atoms with Crippen LogP contribution in [0, 0.1) is 11.3 Å². The van der Waals surface area contributed by atoms with E-state index in [9.17, 15) is 0 Å². The summed E-state index contributed by atoms with van der Waals surface area (Å²) in [5.41, 5.74) is 0.526. The fourth-order valence-corrected chi connectivity index (χ4v) is 3.04. The minimum Gasteiger partial charge on any atom is -0.407 e. The average molecular weight is 294 g/mol. The van der Waals surface area contributed by atoms with Crippen molar-refractivity contribution >= 4 is 6.01 Å². The fourth-order valence-electron chi connectivity index (χ4n) is 3.04. The Hall–Kier alpha value is -1.10. The lowest BCUT2D eigenvalue weighted by molar-refractivity contribution is 0.196. The number of rotatable bonds is 7. The van der Waals surface area contributed by atoms with E-state index in [1.165, 1.54) is 25.7 Å². The highest BCUT2D eigenvalue weighted by atomic mass is 16.4. The standard InChI is InChI=1S/C16H30N4O/c1-5-16(6-2)7-9-20(10-8-16)15-19-18-14(21-15)12-17-11-13(3)4/h13,17H,5-12H2,1-4H3. The van der Waals surface area contributed by atoms with Crippen LogP contribution in [0.25, 0.3) is 0 Å². The van der Waals surface area contributed by atoms with Crippen LogP contribution in [0.5, 0.6) is 0 Å². The topological polar surface area (TPSA) is 54.2 Å². The Labute approximate surface area is 128 Å². The summed E-state index contributed by atoms with van der Waals surface area (Å²) >= 11 is 0. The molecule has 1 saturated heterocycles. The molecule has 120 valence electrons. The van der Waals surface area contributed by atoms with Gasteiger partial charge in [-0.05, 0) is 30.7 Å². The molecule has 0 radical (unpaired) electrons. The summed E-state index contributed by atoms with van der Waals surface area (Å²) < 4.78 is 5.78. The van der Waals surface area contributed by atoms with Gasteiger partial charge in [-0.25, -0.2) is 0 Å². The van der Waals surface area contributed by atoms with E-state index in [0.29, 0.717) is 29.8 Å². The minimum absolute atomic E-state index is 0.526. The van der Waals surface area contributed by atoms with Crippen molar-refractivity contribution in [1.29, 1.82) is 0 Å². The molecule has 0 bridgehead atoms. The molecule has 0 atom stereocenters. The number of nitrogens with zero attached hydrogens (tertiary/aromatic N) is 3. The van der Waals surface area contributed by atoms with Crippen LogP contribution in [0.2, 0.25) is 0 Å². The van der Waals surface area contributed by atoms with Gasteiger partial charge in [-0.3, -0.25) is 0 Å². The molecule has 0 aliphatic carbocycles. The third-order valence-corrected chi connectivity index (χ3v) is 4.88. The lowest BCUT2D eigenvalue weighted by atomic mass is 9.74. The number of hydrogen-bond acceptors (Lipinski definition) is 5. The summed E-state index contributed by atoms with van der Waals surface area (Å²) in [5.74, 6) is 1.32. The molecule has 2 heterocycles. The Morgan fingerprint density at radius 1 is 1.19 bits per heavy atom. The van der Waals surface area contributed by atoms with Crippen molar-refractivity contribution in [3.63, 3.8) is 0 Å². The van der Waals surface area contributed by atoms with Crippen LogP contribution >= 0.6 is 0 Å². The molecule has 1 aliphatic rings. The predicted molar refractivity (Wildman–Crippen MR) is 85.3 cm³/mol. The second-order valence-corrected chi connectivity index (χ2v) is 6.70. The van der Waals surface area contributed by atoms with Crippen molar-refractivity contribution in [2.75, 3.05) is 24.5 Å². The number of nitrogens with one attached hydrogen (secondary N) is 1. The summed E-state index contributed by atoms with van der Waals surface area (Å²) in [4.78, 5) is 2.24. The molecular weight excluding hydrogens is 264 g/mol. The highest BCUT2D eigenvalue weighted by Crippen LogP contribution is 2.38. The first-order chi connectivity index (χ1) is 10.1. The van der Waals surface area contributed by atoms with Crippen molar-refractivity contribution in [2.45, 2.75) is 59.9 Å². The van der Waals surface area contributed by atoms with E-state index >= 15 is 0 Å². The maximum Gasteiger partial charge on any atom is 0.318 e. The van der Waals surface area contributed by atoms with Crippen LogP contribution in [0.4, 0.5) is 6.01 Å². The lowest BCUT2D eigenvalue weighted by Crippen LogP contribution is -2.39. The molecule has 0 spiro atoms. The lowest BCUT2D eigenvalue weighted by Gasteiger charge is -2.40. The first kappa shape index (κ1) is 16.3. The van der Waals surface area contributed by atoms with Gasteiger partial charge in [0.25, 0.3) is 0 Å². The maximum absolute atomic E-state index is 5.78. The second-order valence-electron chi connectivity index (χ2n) is 6.70. The van der Waals surface area contributed by atoms with Crippen LogP contribution in [0.15, 0.2) is 4.42 Å². The number of aromatic nitrogens is 2. The van der Waals surface area contributed by atoms with Gasteiger partial charge >= 0.3 is 6.01 Å². The van der Waals surface area contributed by atoms with Gasteiger partial charge in [-0.1, -0.05) is 45.6 Å². The molecule has 0 aromatic carbocycles. The molecule has 1 aromatic rings.